The highest BCUT2D eigenvalue weighted by Crippen LogP contribution is 2.40. The van der Waals surface area contributed by atoms with E-state index in [-0.39, 0.29) is 37.3 Å². The molecule has 0 aromatic rings. The van der Waals surface area contributed by atoms with Crippen molar-refractivity contribution >= 4 is 5.97 Å². The summed E-state index contributed by atoms with van der Waals surface area (Å²) in [5.74, 6) is -2.58. The zero-order chi connectivity index (χ0) is 39.7. The maximum Gasteiger partial charge on any atom is 0.311 e. The molecule has 18 atom stereocenters. The fourth-order valence-corrected chi connectivity index (χ4v) is 8.74. The van der Waals surface area contributed by atoms with Crippen LogP contribution >= 0.6 is 0 Å². The van der Waals surface area contributed by atoms with Crippen molar-refractivity contribution in [2.24, 2.45) is 17.8 Å². The van der Waals surface area contributed by atoms with Gasteiger partial charge in [-0.2, -0.15) is 0 Å². The molecule has 3 fully saturated rings. The minimum Gasteiger partial charge on any atom is -0.459 e. The predicted octanol–water partition coefficient (Wildman–Crippen LogP) is 1.90. The Hall–Kier alpha value is -1.01. The Balaban J connectivity index is 2.17. The number of carbonyl (C=O) groups is 1. The molecule has 3 aliphatic rings. The number of methoxy groups -OCH3 is 1. The van der Waals surface area contributed by atoms with Crippen molar-refractivity contribution in [2.75, 3.05) is 34.8 Å². The van der Waals surface area contributed by atoms with Crippen LogP contribution in [0.4, 0.5) is 0 Å². The monoisotopic (exact) mass is 749 g/mol. The molecule has 0 radical (unpaired) electrons. The van der Waals surface area contributed by atoms with Gasteiger partial charge in [-0.25, -0.2) is 0 Å². The summed E-state index contributed by atoms with van der Waals surface area (Å²) in [5.41, 5.74) is -4.37. The maximum atomic E-state index is 14.2. The Labute approximate surface area is 312 Å². The highest BCUT2D eigenvalue weighted by atomic mass is 16.7. The second-order valence-electron chi connectivity index (χ2n) is 17.2. The van der Waals surface area contributed by atoms with Gasteiger partial charge in [-0.05, 0) is 94.8 Å². The standard InChI is InChI=1S/C38H72N2O12/c1-15-27-38(10,46)31(42)24(6)40(13)19-20(2)17-36(8,45)33(52-35-29(41)26(39(11)12)16-21(3)48-35)22(4)30(23(5)34(44)50-27)51-28-18-37(9,47-14)32(43)25(7)49-28/h20-33,35,41-43,45-46H,15-19H2,1-14H3/t20-,21+,22-,23+,24+,25-,26-,27-,28+,29-,30+,31-,32+,33-,35-,36+,37-,38-/m0/s1. The summed E-state index contributed by atoms with van der Waals surface area (Å²) in [5, 5.41) is 58.1. The molecule has 0 spiro atoms. The number of ether oxygens (including phenoxy) is 6. The topological polar surface area (TPSA) is 180 Å². The highest BCUT2D eigenvalue weighted by Gasteiger charge is 2.52. The second kappa shape index (κ2) is 17.8. The van der Waals surface area contributed by atoms with Crippen molar-refractivity contribution in [1.29, 1.82) is 0 Å². The van der Waals surface area contributed by atoms with Crippen LogP contribution in [0.25, 0.3) is 0 Å². The van der Waals surface area contributed by atoms with Crippen LogP contribution in [0.15, 0.2) is 0 Å². The van der Waals surface area contributed by atoms with Crippen molar-refractivity contribution in [2.45, 2.75) is 185 Å². The first kappa shape index (κ1) is 45.4. The molecule has 14 heteroatoms. The molecule has 0 aromatic carbocycles. The van der Waals surface area contributed by atoms with Gasteiger partial charge in [-0.1, -0.05) is 20.8 Å². The molecule has 306 valence electrons. The molecule has 3 heterocycles. The third kappa shape index (κ3) is 10.0. The third-order valence-corrected chi connectivity index (χ3v) is 12.2. The number of cyclic esters (lactones) is 1. The van der Waals surface area contributed by atoms with E-state index in [0.717, 1.165) is 0 Å². The zero-order valence-corrected chi connectivity index (χ0v) is 34.2. The van der Waals surface area contributed by atoms with Crippen molar-refractivity contribution in [3.8, 4) is 0 Å². The van der Waals surface area contributed by atoms with Crippen LogP contribution in [0, 0.1) is 17.8 Å². The number of aliphatic hydroxyl groups excluding tert-OH is 3. The normalized spacial score (nSPS) is 49.6. The van der Waals surface area contributed by atoms with Crippen molar-refractivity contribution in [3.05, 3.63) is 0 Å². The summed E-state index contributed by atoms with van der Waals surface area (Å²) in [7, 11) is 7.12. The highest BCUT2D eigenvalue weighted by molar-refractivity contribution is 5.73. The van der Waals surface area contributed by atoms with Crippen LogP contribution in [-0.4, -0.2) is 166 Å². The molecule has 3 saturated heterocycles. The predicted molar refractivity (Wildman–Crippen MR) is 194 cm³/mol. The van der Waals surface area contributed by atoms with Gasteiger partial charge < -0.3 is 63.8 Å². The summed E-state index contributed by atoms with van der Waals surface area (Å²) in [6, 6.07) is -0.808. The van der Waals surface area contributed by atoms with Crippen LogP contribution in [0.2, 0.25) is 0 Å². The van der Waals surface area contributed by atoms with E-state index >= 15 is 0 Å². The van der Waals surface area contributed by atoms with Crippen LogP contribution < -0.4 is 0 Å². The molecular weight excluding hydrogens is 676 g/mol. The summed E-state index contributed by atoms with van der Waals surface area (Å²) in [4.78, 5) is 18.0. The first-order valence-electron chi connectivity index (χ1n) is 19.1. The van der Waals surface area contributed by atoms with E-state index in [9.17, 15) is 30.3 Å². The Morgan fingerprint density at radius 1 is 0.942 bits per heavy atom. The van der Waals surface area contributed by atoms with Crippen molar-refractivity contribution < 1.29 is 58.7 Å². The Morgan fingerprint density at radius 2 is 1.56 bits per heavy atom. The molecule has 52 heavy (non-hydrogen) atoms. The van der Waals surface area contributed by atoms with E-state index in [0.29, 0.717) is 13.0 Å². The van der Waals surface area contributed by atoms with Crippen molar-refractivity contribution in [3.63, 3.8) is 0 Å². The first-order chi connectivity index (χ1) is 23.9. The lowest BCUT2D eigenvalue weighted by Gasteiger charge is -2.48. The lowest BCUT2D eigenvalue weighted by atomic mass is 9.77. The van der Waals surface area contributed by atoms with Gasteiger partial charge in [0.2, 0.25) is 0 Å². The summed E-state index contributed by atoms with van der Waals surface area (Å²) >= 11 is 0. The summed E-state index contributed by atoms with van der Waals surface area (Å²) < 4.78 is 37.5. The Kier molecular flexibility index (Phi) is 15.6. The SMILES string of the molecule is CC[C@@H]1OC(=O)[C@H](C)[C@H](O[C@@H]2C[C@](C)(OC)[C@H](O)[C@H](C)O2)[C@H](C)[C@H](O[C@@H]2O[C@H](C)C[C@H](N(C)C)[C@@H]2O)[C@](C)(O)C[C@H](C)CN(C)[C@H](C)[C@H](O)[C@@]1(C)O. The maximum absolute atomic E-state index is 14.2. The van der Waals surface area contributed by atoms with Gasteiger partial charge in [0.25, 0.3) is 0 Å². The number of rotatable bonds is 7. The van der Waals surface area contributed by atoms with Gasteiger partial charge in [0, 0.05) is 38.1 Å². The first-order valence-corrected chi connectivity index (χ1v) is 19.1. The van der Waals surface area contributed by atoms with Gasteiger partial charge in [0.05, 0.1) is 41.5 Å². The van der Waals surface area contributed by atoms with Gasteiger partial charge >= 0.3 is 5.97 Å². The second-order valence-corrected chi connectivity index (χ2v) is 17.2. The molecule has 3 rings (SSSR count). The number of aliphatic hydroxyl groups is 5. The van der Waals surface area contributed by atoms with Crippen LogP contribution in [-0.2, 0) is 33.2 Å². The lowest BCUT2D eigenvalue weighted by molar-refractivity contribution is -0.318. The minimum atomic E-state index is -1.80. The average Bonchev–Trinajstić information content (AvgIpc) is 3.05. The average molecular weight is 749 g/mol. The summed E-state index contributed by atoms with van der Waals surface area (Å²) in [6.07, 6.45) is -8.19. The molecule has 5 N–H and O–H groups in total. The third-order valence-electron chi connectivity index (χ3n) is 12.2. The minimum absolute atomic E-state index is 0.133. The molecule has 3 aliphatic heterocycles. The van der Waals surface area contributed by atoms with Gasteiger partial charge in [-0.3, -0.25) is 4.79 Å². The molecule has 0 aliphatic carbocycles. The zero-order valence-electron chi connectivity index (χ0n) is 34.2. The quantitative estimate of drug-likeness (QED) is 0.238. The van der Waals surface area contributed by atoms with Crippen LogP contribution in [0.3, 0.4) is 0 Å². The number of esters is 1. The number of carbonyl (C=O) groups excluding carboxylic acids is 1. The number of nitrogens with zero attached hydrogens (tertiary/aromatic N) is 2. The lowest BCUT2D eigenvalue weighted by Crippen LogP contribution is -2.60. The molecule has 0 saturated carbocycles. The van der Waals surface area contributed by atoms with Gasteiger partial charge in [0.15, 0.2) is 12.6 Å². The van der Waals surface area contributed by atoms with E-state index in [2.05, 4.69) is 0 Å². The number of hydrogen-bond donors (Lipinski definition) is 5. The summed E-state index contributed by atoms with van der Waals surface area (Å²) in [6.45, 7) is 18.0. The molecule has 14 nitrogen and oxygen atoms in total. The van der Waals surface area contributed by atoms with E-state index < -0.39 is 96.0 Å². The molecular formula is C38H72N2O12. The fraction of sp³-hybridized carbons (Fsp3) is 0.974. The molecule has 0 aromatic heterocycles. The fourth-order valence-electron chi connectivity index (χ4n) is 8.74. The van der Waals surface area contributed by atoms with Crippen molar-refractivity contribution in [1.82, 2.24) is 9.80 Å². The molecule has 0 unspecified atom stereocenters. The van der Waals surface area contributed by atoms with E-state index in [1.54, 1.807) is 41.5 Å². The number of hydrogen-bond acceptors (Lipinski definition) is 14. The van der Waals surface area contributed by atoms with E-state index in [1.165, 1.54) is 14.0 Å². The Morgan fingerprint density at radius 3 is 2.12 bits per heavy atom. The number of likely N-dealkylation sites (N-methyl/N-ethyl adjacent to an activating group) is 2. The largest absolute Gasteiger partial charge is 0.459 e. The smallest absolute Gasteiger partial charge is 0.311 e. The van der Waals surface area contributed by atoms with E-state index in [1.807, 2.05) is 51.7 Å². The van der Waals surface area contributed by atoms with Gasteiger partial charge in [0.1, 0.15) is 30.0 Å². The molecule has 0 bridgehead atoms. The van der Waals surface area contributed by atoms with Gasteiger partial charge in [-0.15, -0.1) is 0 Å². The van der Waals surface area contributed by atoms with Crippen LogP contribution in [0.1, 0.15) is 94.9 Å². The van der Waals surface area contributed by atoms with Crippen LogP contribution in [0.5, 0.6) is 0 Å². The Bertz CT molecular complexity index is 1140. The van der Waals surface area contributed by atoms with E-state index in [4.69, 9.17) is 28.4 Å². The molecule has 0 amide bonds.